The zero-order valence-electron chi connectivity index (χ0n) is 13.6. The van der Waals surface area contributed by atoms with E-state index in [9.17, 15) is 18.4 Å². The molecule has 25 heavy (non-hydrogen) atoms. The van der Waals surface area contributed by atoms with Gasteiger partial charge in [-0.2, -0.15) is 0 Å². The van der Waals surface area contributed by atoms with Crippen molar-refractivity contribution >= 4 is 16.8 Å². The number of nitrogens with zero attached hydrogens (tertiary/aromatic N) is 1. The molecule has 0 aliphatic heterocycles. The number of carbonyl (C=O) groups is 1. The maximum Gasteiger partial charge on any atom is 0.257 e. The molecule has 0 bridgehead atoms. The van der Waals surface area contributed by atoms with E-state index in [1.807, 2.05) is 6.92 Å². The van der Waals surface area contributed by atoms with Gasteiger partial charge in [-0.1, -0.05) is 12.1 Å². The van der Waals surface area contributed by atoms with Crippen LogP contribution in [0.1, 0.15) is 22.8 Å². The van der Waals surface area contributed by atoms with E-state index in [-0.39, 0.29) is 23.3 Å². The van der Waals surface area contributed by atoms with Crippen molar-refractivity contribution in [1.29, 1.82) is 0 Å². The van der Waals surface area contributed by atoms with Crippen LogP contribution in [0.15, 0.2) is 53.5 Å². The number of benzene rings is 2. The van der Waals surface area contributed by atoms with Gasteiger partial charge in [0.25, 0.3) is 5.91 Å². The second-order valence-electron chi connectivity index (χ2n) is 5.63. The highest BCUT2D eigenvalue weighted by Gasteiger charge is 2.15. The van der Waals surface area contributed by atoms with E-state index in [1.54, 1.807) is 16.7 Å². The predicted octanol–water partition coefficient (Wildman–Crippen LogP) is 3.23. The van der Waals surface area contributed by atoms with Crippen LogP contribution in [0, 0.1) is 11.6 Å². The first-order chi connectivity index (χ1) is 12.0. The lowest BCUT2D eigenvalue weighted by Gasteiger charge is -2.12. The highest BCUT2D eigenvalue weighted by Crippen LogP contribution is 2.14. The molecule has 1 amide bonds. The molecule has 3 aromatic rings. The van der Waals surface area contributed by atoms with Crippen molar-refractivity contribution in [2.24, 2.45) is 0 Å². The predicted molar refractivity (Wildman–Crippen MR) is 91.4 cm³/mol. The Morgan fingerprint density at radius 1 is 1.08 bits per heavy atom. The number of rotatable bonds is 4. The minimum atomic E-state index is -0.553. The summed E-state index contributed by atoms with van der Waals surface area (Å²) in [5.74, 6) is -1.45. The summed E-state index contributed by atoms with van der Waals surface area (Å²) in [7, 11) is 0. The number of fused-ring (bicyclic) bond motifs is 1. The monoisotopic (exact) mass is 342 g/mol. The third kappa shape index (κ3) is 3.42. The van der Waals surface area contributed by atoms with Crippen molar-refractivity contribution in [3.05, 3.63) is 81.6 Å². The summed E-state index contributed by atoms with van der Waals surface area (Å²) in [5.41, 5.74) is 0.708. The summed E-state index contributed by atoms with van der Waals surface area (Å²) in [6.45, 7) is 2.56. The fourth-order valence-corrected chi connectivity index (χ4v) is 2.67. The van der Waals surface area contributed by atoms with Crippen LogP contribution in [-0.4, -0.2) is 10.5 Å². The lowest BCUT2D eigenvalue weighted by Crippen LogP contribution is -2.29. The maximum atomic E-state index is 13.5. The van der Waals surface area contributed by atoms with Crippen molar-refractivity contribution in [2.75, 3.05) is 0 Å². The number of aryl methyl sites for hydroxylation is 1. The van der Waals surface area contributed by atoms with Crippen LogP contribution in [0.25, 0.3) is 10.9 Å². The molecule has 0 aliphatic carbocycles. The van der Waals surface area contributed by atoms with Crippen LogP contribution in [-0.2, 0) is 13.1 Å². The van der Waals surface area contributed by atoms with Gasteiger partial charge in [0.05, 0.1) is 5.52 Å². The van der Waals surface area contributed by atoms with Gasteiger partial charge in [-0.3, -0.25) is 9.59 Å². The van der Waals surface area contributed by atoms with Crippen LogP contribution >= 0.6 is 0 Å². The van der Waals surface area contributed by atoms with Gasteiger partial charge in [0.2, 0.25) is 5.43 Å². The standard InChI is InChI=1S/C19H16F2N2O2/c1-2-23-11-16(18(24)15-9-14(21)7-8-17(15)23)19(25)22-10-12-3-5-13(20)6-4-12/h3-9,11H,2,10H2,1H3,(H,22,25). The molecule has 1 heterocycles. The molecule has 0 unspecified atom stereocenters. The molecule has 0 radical (unpaired) electrons. The van der Waals surface area contributed by atoms with Gasteiger partial charge in [0.15, 0.2) is 0 Å². The number of aromatic nitrogens is 1. The van der Waals surface area contributed by atoms with Gasteiger partial charge in [-0.05, 0) is 42.8 Å². The minimum Gasteiger partial charge on any atom is -0.348 e. The first-order valence-electron chi connectivity index (χ1n) is 7.85. The Labute approximate surface area is 142 Å². The quantitative estimate of drug-likeness (QED) is 0.791. The second kappa shape index (κ2) is 6.84. The second-order valence-corrected chi connectivity index (χ2v) is 5.63. The van der Waals surface area contributed by atoms with Crippen molar-refractivity contribution in [2.45, 2.75) is 20.0 Å². The first kappa shape index (κ1) is 16.8. The third-order valence-electron chi connectivity index (χ3n) is 3.99. The molecule has 0 atom stereocenters. The normalized spacial score (nSPS) is 10.8. The number of carbonyl (C=O) groups excluding carboxylic acids is 1. The van der Waals surface area contributed by atoms with Gasteiger partial charge in [0.1, 0.15) is 17.2 Å². The molecule has 1 aromatic heterocycles. The van der Waals surface area contributed by atoms with Crippen molar-refractivity contribution in [3.8, 4) is 0 Å². The Morgan fingerprint density at radius 2 is 1.76 bits per heavy atom. The SMILES string of the molecule is CCn1cc(C(=O)NCc2ccc(F)cc2)c(=O)c2cc(F)ccc21. The van der Waals surface area contributed by atoms with E-state index in [0.29, 0.717) is 17.6 Å². The van der Waals surface area contributed by atoms with E-state index >= 15 is 0 Å². The number of halogens is 2. The molecule has 0 fully saturated rings. The van der Waals surface area contributed by atoms with Gasteiger partial charge >= 0.3 is 0 Å². The summed E-state index contributed by atoms with van der Waals surface area (Å²) in [5, 5.41) is 2.80. The summed E-state index contributed by atoms with van der Waals surface area (Å²) in [6.07, 6.45) is 1.47. The topological polar surface area (TPSA) is 51.1 Å². The molecule has 0 saturated carbocycles. The molecular weight excluding hydrogens is 326 g/mol. The Hall–Kier alpha value is -3.02. The summed E-state index contributed by atoms with van der Waals surface area (Å²) >= 11 is 0. The Morgan fingerprint density at radius 3 is 2.44 bits per heavy atom. The lowest BCUT2D eigenvalue weighted by atomic mass is 10.1. The van der Waals surface area contributed by atoms with E-state index in [4.69, 9.17) is 0 Å². The fraction of sp³-hybridized carbons (Fsp3) is 0.158. The summed E-state index contributed by atoms with van der Waals surface area (Å²) < 4.78 is 28.1. The molecule has 4 nitrogen and oxygen atoms in total. The van der Waals surface area contributed by atoms with Gasteiger partial charge < -0.3 is 9.88 Å². The first-order valence-corrected chi connectivity index (χ1v) is 7.85. The van der Waals surface area contributed by atoms with Crippen LogP contribution in [0.3, 0.4) is 0 Å². The van der Waals surface area contributed by atoms with Gasteiger partial charge in [-0.25, -0.2) is 8.78 Å². The van der Waals surface area contributed by atoms with E-state index in [1.165, 1.54) is 30.5 Å². The average molecular weight is 342 g/mol. The molecule has 0 saturated heterocycles. The number of hydrogen-bond acceptors (Lipinski definition) is 2. The Kier molecular flexibility index (Phi) is 4.61. The number of nitrogens with one attached hydrogen (secondary N) is 1. The van der Waals surface area contributed by atoms with E-state index < -0.39 is 17.2 Å². The van der Waals surface area contributed by atoms with Gasteiger partial charge in [0, 0.05) is 24.7 Å². The highest BCUT2D eigenvalue weighted by atomic mass is 19.1. The zero-order chi connectivity index (χ0) is 18.0. The zero-order valence-corrected chi connectivity index (χ0v) is 13.6. The third-order valence-corrected chi connectivity index (χ3v) is 3.99. The molecule has 0 spiro atoms. The molecule has 6 heteroatoms. The summed E-state index contributed by atoms with van der Waals surface area (Å²) in [4.78, 5) is 25.0. The smallest absolute Gasteiger partial charge is 0.257 e. The number of hydrogen-bond donors (Lipinski definition) is 1. The van der Waals surface area contributed by atoms with Crippen molar-refractivity contribution in [3.63, 3.8) is 0 Å². The Balaban J connectivity index is 1.94. The molecule has 2 aromatic carbocycles. The highest BCUT2D eigenvalue weighted by molar-refractivity contribution is 5.97. The Bertz CT molecular complexity index is 995. The van der Waals surface area contributed by atoms with Crippen LogP contribution < -0.4 is 10.7 Å². The van der Waals surface area contributed by atoms with E-state index in [0.717, 1.165) is 6.07 Å². The minimum absolute atomic E-state index is 0.0536. The lowest BCUT2D eigenvalue weighted by molar-refractivity contribution is 0.0949. The summed E-state index contributed by atoms with van der Waals surface area (Å²) in [6, 6.07) is 9.64. The van der Waals surface area contributed by atoms with Crippen molar-refractivity contribution < 1.29 is 13.6 Å². The molecule has 0 aliphatic rings. The number of amides is 1. The maximum absolute atomic E-state index is 13.5. The molecule has 1 N–H and O–H groups in total. The van der Waals surface area contributed by atoms with Crippen LogP contribution in [0.2, 0.25) is 0 Å². The van der Waals surface area contributed by atoms with Crippen LogP contribution in [0.5, 0.6) is 0 Å². The largest absolute Gasteiger partial charge is 0.348 e. The van der Waals surface area contributed by atoms with Gasteiger partial charge in [-0.15, -0.1) is 0 Å². The van der Waals surface area contributed by atoms with Crippen molar-refractivity contribution in [1.82, 2.24) is 9.88 Å². The van der Waals surface area contributed by atoms with Crippen LogP contribution in [0.4, 0.5) is 8.78 Å². The molecule has 3 rings (SSSR count). The molecular formula is C19H16F2N2O2. The fourth-order valence-electron chi connectivity index (χ4n) is 2.67. The van der Waals surface area contributed by atoms with E-state index in [2.05, 4.69) is 5.32 Å². The number of pyridine rings is 1. The average Bonchev–Trinajstić information content (AvgIpc) is 2.61. The molecule has 128 valence electrons.